The molecule has 4 heterocycles. The largest absolute Gasteiger partial charge is 0.333 e. The van der Waals surface area contributed by atoms with E-state index in [-0.39, 0.29) is 17.4 Å². The first-order valence-electron chi connectivity index (χ1n) is 10.1. The fourth-order valence-electron chi connectivity index (χ4n) is 4.71. The van der Waals surface area contributed by atoms with Crippen LogP contribution in [0, 0.1) is 5.41 Å². The van der Waals surface area contributed by atoms with Crippen LogP contribution in [0.3, 0.4) is 0 Å². The third-order valence-electron chi connectivity index (χ3n) is 6.20. The van der Waals surface area contributed by atoms with Gasteiger partial charge in [-0.2, -0.15) is 0 Å². The second-order valence-corrected chi connectivity index (χ2v) is 8.30. The third kappa shape index (κ3) is 4.23. The number of carbonyl (C=O) groups excluding carboxylic acids is 1. The summed E-state index contributed by atoms with van der Waals surface area (Å²) in [4.78, 5) is 26.3. The Morgan fingerprint density at radius 2 is 1.75 bits per heavy atom. The molecule has 2 aromatic rings. The Hall–Kier alpha value is -2.31. The summed E-state index contributed by atoms with van der Waals surface area (Å²) in [5.41, 5.74) is 2.39. The highest BCUT2D eigenvalue weighted by Gasteiger charge is 2.46. The molecule has 6 nitrogen and oxygen atoms in total. The first kappa shape index (κ1) is 19.0. The van der Waals surface area contributed by atoms with E-state index in [1.165, 1.54) is 0 Å². The molecule has 0 aliphatic carbocycles. The predicted molar refractivity (Wildman–Crippen MR) is 108 cm³/mol. The second kappa shape index (κ2) is 8.37. The molecule has 1 atom stereocenters. The van der Waals surface area contributed by atoms with Crippen molar-refractivity contribution >= 4 is 5.91 Å². The number of rotatable bonds is 5. The summed E-state index contributed by atoms with van der Waals surface area (Å²) in [6.07, 6.45) is 10.5. The molecule has 6 heteroatoms. The molecule has 4 rings (SSSR count). The Bertz CT molecular complexity index is 735. The maximum atomic E-state index is 13.6. The molecule has 0 saturated carbocycles. The van der Waals surface area contributed by atoms with Gasteiger partial charge in [0.15, 0.2) is 0 Å². The molecular formula is C22H29N5O. The lowest BCUT2D eigenvalue weighted by molar-refractivity contribution is -0.137. The van der Waals surface area contributed by atoms with E-state index in [9.17, 15) is 4.79 Å². The number of aromatic nitrogens is 2. The average molecular weight is 380 g/mol. The van der Waals surface area contributed by atoms with Crippen LogP contribution < -0.4 is 5.32 Å². The molecule has 0 unspecified atom stereocenters. The molecule has 1 amide bonds. The lowest BCUT2D eigenvalue weighted by Crippen LogP contribution is -2.43. The van der Waals surface area contributed by atoms with Crippen LogP contribution in [0.4, 0.5) is 0 Å². The summed E-state index contributed by atoms with van der Waals surface area (Å²) in [5, 5.41) is 3.46. The highest BCUT2D eigenvalue weighted by atomic mass is 16.2. The smallest absolute Gasteiger partial charge is 0.240 e. The molecule has 1 N–H and O–H groups in total. The summed E-state index contributed by atoms with van der Waals surface area (Å²) in [5.74, 6) is 0.214. The molecule has 1 spiro atoms. The summed E-state index contributed by atoms with van der Waals surface area (Å²) in [7, 11) is 2.10. The van der Waals surface area contributed by atoms with E-state index in [0.717, 1.165) is 50.0 Å². The van der Waals surface area contributed by atoms with Crippen molar-refractivity contribution in [3.63, 3.8) is 0 Å². The maximum Gasteiger partial charge on any atom is 0.240 e. The highest BCUT2D eigenvalue weighted by Crippen LogP contribution is 2.41. The lowest BCUT2D eigenvalue weighted by atomic mass is 9.77. The SMILES string of the molecule is CN1CC2(CCNCC2)C[C@H]1C(=O)N(Cc1cccnc1)Cc1cccnc1. The lowest BCUT2D eigenvalue weighted by Gasteiger charge is -2.33. The van der Waals surface area contributed by atoms with Gasteiger partial charge in [0.2, 0.25) is 5.91 Å². The van der Waals surface area contributed by atoms with Gasteiger partial charge in [-0.3, -0.25) is 19.7 Å². The number of nitrogens with one attached hydrogen (secondary N) is 1. The number of hydrogen-bond donors (Lipinski definition) is 1. The van der Waals surface area contributed by atoms with Crippen molar-refractivity contribution < 1.29 is 4.79 Å². The van der Waals surface area contributed by atoms with E-state index in [1.54, 1.807) is 12.4 Å². The van der Waals surface area contributed by atoms with Gasteiger partial charge in [-0.1, -0.05) is 12.1 Å². The zero-order valence-corrected chi connectivity index (χ0v) is 16.6. The van der Waals surface area contributed by atoms with E-state index in [0.29, 0.717) is 13.1 Å². The fourth-order valence-corrected chi connectivity index (χ4v) is 4.71. The van der Waals surface area contributed by atoms with Crippen LogP contribution >= 0.6 is 0 Å². The van der Waals surface area contributed by atoms with E-state index < -0.39 is 0 Å². The summed E-state index contributed by atoms with van der Waals surface area (Å²) < 4.78 is 0. The van der Waals surface area contributed by atoms with E-state index in [4.69, 9.17) is 0 Å². The van der Waals surface area contributed by atoms with E-state index in [1.807, 2.05) is 41.6 Å². The topological polar surface area (TPSA) is 61.4 Å². The van der Waals surface area contributed by atoms with Gasteiger partial charge in [0.05, 0.1) is 6.04 Å². The molecule has 0 radical (unpaired) electrons. The monoisotopic (exact) mass is 379 g/mol. The summed E-state index contributed by atoms with van der Waals surface area (Å²) in [6, 6.07) is 7.86. The van der Waals surface area contributed by atoms with Gasteiger partial charge >= 0.3 is 0 Å². The number of hydrogen-bond acceptors (Lipinski definition) is 5. The normalized spacial score (nSPS) is 21.7. The zero-order chi connectivity index (χ0) is 19.4. The van der Waals surface area contributed by atoms with Gasteiger partial charge < -0.3 is 10.2 Å². The molecule has 28 heavy (non-hydrogen) atoms. The molecule has 148 valence electrons. The third-order valence-corrected chi connectivity index (χ3v) is 6.20. The summed E-state index contributed by atoms with van der Waals surface area (Å²) in [6.45, 7) is 4.27. The molecular weight excluding hydrogens is 350 g/mol. The molecule has 0 aromatic carbocycles. The number of nitrogens with zero attached hydrogens (tertiary/aromatic N) is 4. The number of likely N-dealkylation sites (N-methyl/N-ethyl adjacent to an activating group) is 1. The molecule has 2 aliphatic rings. The van der Waals surface area contributed by atoms with E-state index >= 15 is 0 Å². The number of likely N-dealkylation sites (tertiary alicyclic amines) is 1. The number of amides is 1. The quantitative estimate of drug-likeness (QED) is 0.862. The Kier molecular flexibility index (Phi) is 5.69. The number of carbonyl (C=O) groups is 1. The first-order chi connectivity index (χ1) is 13.7. The number of pyridine rings is 2. The predicted octanol–water partition coefficient (Wildman–Crippen LogP) is 2.08. The van der Waals surface area contributed by atoms with Crippen molar-refractivity contribution in [3.05, 3.63) is 60.2 Å². The standard InChI is InChI=1S/C22H29N5O/c1-26-17-22(6-10-23-11-7-22)12-20(26)21(28)27(15-18-4-2-8-24-13-18)16-19-5-3-9-25-14-19/h2-5,8-9,13-14,20,23H,6-7,10-12,15-17H2,1H3/t20-/m0/s1. The van der Waals surface area contributed by atoms with Crippen molar-refractivity contribution in [2.24, 2.45) is 5.41 Å². The van der Waals surface area contributed by atoms with Crippen LogP contribution in [0.25, 0.3) is 0 Å². The minimum atomic E-state index is -0.0496. The van der Waals surface area contributed by atoms with Crippen LogP contribution in [0.2, 0.25) is 0 Å². The van der Waals surface area contributed by atoms with Gasteiger partial charge in [-0.25, -0.2) is 0 Å². The zero-order valence-electron chi connectivity index (χ0n) is 16.6. The minimum Gasteiger partial charge on any atom is -0.333 e. The Balaban J connectivity index is 1.53. The van der Waals surface area contributed by atoms with Crippen LogP contribution in [0.15, 0.2) is 49.1 Å². The average Bonchev–Trinajstić information content (AvgIpc) is 3.04. The minimum absolute atomic E-state index is 0.0496. The Morgan fingerprint density at radius 3 is 2.29 bits per heavy atom. The van der Waals surface area contributed by atoms with Crippen LogP contribution in [-0.2, 0) is 17.9 Å². The van der Waals surface area contributed by atoms with Crippen molar-refractivity contribution in [1.29, 1.82) is 0 Å². The van der Waals surface area contributed by atoms with Gasteiger partial charge in [-0.05, 0) is 68.1 Å². The second-order valence-electron chi connectivity index (χ2n) is 8.30. The van der Waals surface area contributed by atoms with Crippen LogP contribution in [0.1, 0.15) is 30.4 Å². The highest BCUT2D eigenvalue weighted by molar-refractivity contribution is 5.82. The van der Waals surface area contributed by atoms with Crippen molar-refractivity contribution in [2.45, 2.75) is 38.4 Å². The van der Waals surface area contributed by atoms with E-state index in [2.05, 4.69) is 27.2 Å². The Labute approximate surface area is 167 Å². The fraction of sp³-hybridized carbons (Fsp3) is 0.500. The van der Waals surface area contributed by atoms with Gasteiger partial charge in [0.1, 0.15) is 0 Å². The number of piperidine rings is 1. The van der Waals surface area contributed by atoms with Gasteiger partial charge in [0.25, 0.3) is 0 Å². The maximum absolute atomic E-state index is 13.6. The van der Waals surface area contributed by atoms with Crippen LogP contribution in [-0.4, -0.2) is 58.4 Å². The summed E-state index contributed by atoms with van der Waals surface area (Å²) >= 11 is 0. The van der Waals surface area contributed by atoms with Crippen molar-refractivity contribution in [3.8, 4) is 0 Å². The molecule has 2 saturated heterocycles. The van der Waals surface area contributed by atoms with Gasteiger partial charge in [0, 0.05) is 44.4 Å². The van der Waals surface area contributed by atoms with Gasteiger partial charge in [-0.15, -0.1) is 0 Å². The molecule has 0 bridgehead atoms. The van der Waals surface area contributed by atoms with Crippen molar-refractivity contribution in [1.82, 2.24) is 25.1 Å². The van der Waals surface area contributed by atoms with Crippen molar-refractivity contribution in [2.75, 3.05) is 26.7 Å². The first-order valence-corrected chi connectivity index (χ1v) is 10.1. The van der Waals surface area contributed by atoms with Crippen LogP contribution in [0.5, 0.6) is 0 Å². The Morgan fingerprint density at radius 1 is 1.14 bits per heavy atom. The molecule has 2 aromatic heterocycles. The molecule has 2 aliphatic heterocycles. The molecule has 2 fully saturated rings.